The third kappa shape index (κ3) is 4.97. The van der Waals surface area contributed by atoms with E-state index in [0.717, 1.165) is 12.1 Å². The highest BCUT2D eigenvalue weighted by atomic mass is 32.2. The van der Waals surface area contributed by atoms with E-state index in [4.69, 9.17) is 10.9 Å². The highest BCUT2D eigenvalue weighted by molar-refractivity contribution is 7.84. The number of oxime groups is 1. The second-order valence-corrected chi connectivity index (χ2v) is 5.19. The van der Waals surface area contributed by atoms with Crippen molar-refractivity contribution in [3.8, 4) is 0 Å². The van der Waals surface area contributed by atoms with Crippen molar-refractivity contribution in [3.05, 3.63) is 35.4 Å². The molecule has 0 radical (unpaired) electrons. The molecule has 94 valence electrons. The minimum Gasteiger partial charge on any atom is -0.409 e. The second kappa shape index (κ2) is 7.03. The Hall–Kier alpha value is -1.40. The van der Waals surface area contributed by atoms with E-state index in [1.165, 1.54) is 0 Å². The average Bonchev–Trinajstić information content (AvgIpc) is 2.34. The lowest BCUT2D eigenvalue weighted by molar-refractivity contribution is 0.318. The van der Waals surface area contributed by atoms with E-state index < -0.39 is 10.8 Å². The van der Waals surface area contributed by atoms with Gasteiger partial charge in [-0.05, 0) is 5.56 Å². The normalized spacial score (nSPS) is 13.6. The number of hydrogen-bond donors (Lipinski definition) is 3. The van der Waals surface area contributed by atoms with Gasteiger partial charge in [-0.1, -0.05) is 29.4 Å². The first-order valence-corrected chi connectivity index (χ1v) is 6.94. The Morgan fingerprint density at radius 1 is 1.47 bits per heavy atom. The van der Waals surface area contributed by atoms with Gasteiger partial charge in [0.25, 0.3) is 0 Å². The van der Waals surface area contributed by atoms with E-state index >= 15 is 0 Å². The van der Waals surface area contributed by atoms with Crippen molar-refractivity contribution < 1.29 is 9.42 Å². The molecule has 1 rings (SSSR count). The van der Waals surface area contributed by atoms with Crippen molar-refractivity contribution in [1.82, 2.24) is 5.32 Å². The van der Waals surface area contributed by atoms with Crippen molar-refractivity contribution in [3.63, 3.8) is 0 Å². The standard InChI is InChI=1S/C11H17N3O2S/c1-17(16)7-6-13-8-9-2-4-10(5-3-9)11(12)14-15/h2-5,13,15H,6-8H2,1H3,(H2,12,14). The van der Waals surface area contributed by atoms with E-state index in [9.17, 15) is 4.21 Å². The van der Waals surface area contributed by atoms with Crippen LogP contribution in [0.5, 0.6) is 0 Å². The van der Waals surface area contributed by atoms with Crippen LogP contribution in [-0.2, 0) is 17.3 Å². The Morgan fingerprint density at radius 2 is 2.12 bits per heavy atom. The van der Waals surface area contributed by atoms with E-state index in [-0.39, 0.29) is 5.84 Å². The lowest BCUT2D eigenvalue weighted by atomic mass is 10.1. The molecular formula is C11H17N3O2S. The molecule has 4 N–H and O–H groups in total. The fourth-order valence-corrected chi connectivity index (χ4v) is 1.73. The zero-order chi connectivity index (χ0) is 12.7. The maximum atomic E-state index is 10.8. The van der Waals surface area contributed by atoms with Gasteiger partial charge in [0.05, 0.1) is 0 Å². The minimum atomic E-state index is -0.757. The van der Waals surface area contributed by atoms with Crippen LogP contribution in [0.4, 0.5) is 0 Å². The van der Waals surface area contributed by atoms with Crippen LogP contribution in [0, 0.1) is 0 Å². The Labute approximate surface area is 103 Å². The first-order valence-electron chi connectivity index (χ1n) is 5.21. The van der Waals surface area contributed by atoms with Crippen LogP contribution in [0.25, 0.3) is 0 Å². The molecule has 0 saturated carbocycles. The summed E-state index contributed by atoms with van der Waals surface area (Å²) in [6.45, 7) is 1.44. The number of benzene rings is 1. The fourth-order valence-electron chi connectivity index (χ4n) is 1.30. The molecule has 0 aliphatic carbocycles. The minimum absolute atomic E-state index is 0.103. The topological polar surface area (TPSA) is 87.7 Å². The van der Waals surface area contributed by atoms with Gasteiger partial charge in [0.15, 0.2) is 5.84 Å². The molecule has 0 aromatic heterocycles. The Balaban J connectivity index is 2.43. The maximum Gasteiger partial charge on any atom is 0.170 e. The van der Waals surface area contributed by atoms with Gasteiger partial charge in [-0.3, -0.25) is 4.21 Å². The molecule has 0 fully saturated rings. The molecule has 0 saturated heterocycles. The van der Waals surface area contributed by atoms with Crippen LogP contribution in [0.3, 0.4) is 0 Å². The number of nitrogens with two attached hydrogens (primary N) is 1. The van der Waals surface area contributed by atoms with Crippen LogP contribution in [0.1, 0.15) is 11.1 Å². The Kier molecular flexibility index (Phi) is 5.65. The largest absolute Gasteiger partial charge is 0.409 e. The Morgan fingerprint density at radius 3 is 2.65 bits per heavy atom. The number of rotatable bonds is 6. The molecule has 17 heavy (non-hydrogen) atoms. The molecular weight excluding hydrogens is 238 g/mol. The SMILES string of the molecule is CS(=O)CCNCc1ccc(/C(N)=N/O)cc1. The third-order valence-corrected chi connectivity index (χ3v) is 3.03. The van der Waals surface area contributed by atoms with Crippen molar-refractivity contribution in [2.45, 2.75) is 6.54 Å². The summed E-state index contributed by atoms with van der Waals surface area (Å²) >= 11 is 0. The molecule has 1 atom stereocenters. The summed E-state index contributed by atoms with van der Waals surface area (Å²) in [5.74, 6) is 0.758. The highest BCUT2D eigenvalue weighted by Gasteiger charge is 1.99. The van der Waals surface area contributed by atoms with Gasteiger partial charge in [-0.2, -0.15) is 0 Å². The average molecular weight is 255 g/mol. The molecule has 1 unspecified atom stereocenters. The Bertz CT molecular complexity index is 404. The summed E-state index contributed by atoms with van der Waals surface area (Å²) in [4.78, 5) is 0. The maximum absolute atomic E-state index is 10.8. The summed E-state index contributed by atoms with van der Waals surface area (Å²) in [6, 6.07) is 7.40. The quantitative estimate of drug-likeness (QED) is 0.223. The molecule has 0 spiro atoms. The first kappa shape index (κ1) is 13.7. The number of amidine groups is 1. The van der Waals surface area contributed by atoms with Crippen molar-refractivity contribution in [1.29, 1.82) is 0 Å². The van der Waals surface area contributed by atoms with Gasteiger partial charge < -0.3 is 16.3 Å². The summed E-state index contributed by atoms with van der Waals surface area (Å²) < 4.78 is 10.8. The van der Waals surface area contributed by atoms with E-state index in [2.05, 4.69) is 10.5 Å². The smallest absolute Gasteiger partial charge is 0.170 e. The molecule has 0 amide bonds. The molecule has 0 aliphatic heterocycles. The molecule has 0 bridgehead atoms. The predicted octanol–water partition coefficient (Wildman–Crippen LogP) is 0.249. The van der Waals surface area contributed by atoms with Crippen LogP contribution in [0.15, 0.2) is 29.4 Å². The molecule has 1 aromatic carbocycles. The summed E-state index contributed by atoms with van der Waals surface area (Å²) in [6.07, 6.45) is 1.69. The fraction of sp³-hybridized carbons (Fsp3) is 0.364. The van der Waals surface area contributed by atoms with Gasteiger partial charge in [0.2, 0.25) is 0 Å². The van der Waals surface area contributed by atoms with Crippen molar-refractivity contribution in [2.75, 3.05) is 18.6 Å². The first-order chi connectivity index (χ1) is 8.13. The van der Waals surface area contributed by atoms with E-state index in [1.807, 2.05) is 12.1 Å². The van der Waals surface area contributed by atoms with Crippen LogP contribution in [0.2, 0.25) is 0 Å². The number of hydrogen-bond acceptors (Lipinski definition) is 4. The van der Waals surface area contributed by atoms with Crippen LogP contribution < -0.4 is 11.1 Å². The van der Waals surface area contributed by atoms with Gasteiger partial charge in [0.1, 0.15) is 0 Å². The van der Waals surface area contributed by atoms with Gasteiger partial charge >= 0.3 is 0 Å². The van der Waals surface area contributed by atoms with Crippen molar-refractivity contribution in [2.24, 2.45) is 10.9 Å². The van der Waals surface area contributed by atoms with Gasteiger partial charge in [-0.25, -0.2) is 0 Å². The van der Waals surface area contributed by atoms with Crippen molar-refractivity contribution >= 4 is 16.6 Å². The summed E-state index contributed by atoms with van der Waals surface area (Å²) in [5.41, 5.74) is 7.23. The molecule has 1 aromatic rings. The number of nitrogens with zero attached hydrogens (tertiary/aromatic N) is 1. The summed E-state index contributed by atoms with van der Waals surface area (Å²) in [7, 11) is -0.757. The molecule has 0 aliphatic rings. The summed E-state index contributed by atoms with van der Waals surface area (Å²) in [5, 5.41) is 14.6. The number of nitrogens with one attached hydrogen (secondary N) is 1. The second-order valence-electron chi connectivity index (χ2n) is 3.64. The predicted molar refractivity (Wildman–Crippen MR) is 69.6 cm³/mol. The lowest BCUT2D eigenvalue weighted by Gasteiger charge is -2.05. The molecule has 0 heterocycles. The lowest BCUT2D eigenvalue weighted by Crippen LogP contribution is -2.19. The zero-order valence-electron chi connectivity index (χ0n) is 9.72. The van der Waals surface area contributed by atoms with Crippen LogP contribution >= 0.6 is 0 Å². The molecule has 5 nitrogen and oxygen atoms in total. The molecule has 6 heteroatoms. The highest BCUT2D eigenvalue weighted by Crippen LogP contribution is 2.03. The monoisotopic (exact) mass is 255 g/mol. The van der Waals surface area contributed by atoms with Gasteiger partial charge in [-0.15, -0.1) is 0 Å². The van der Waals surface area contributed by atoms with Gasteiger partial charge in [0, 0.05) is 41.5 Å². The van der Waals surface area contributed by atoms with E-state index in [1.54, 1.807) is 18.4 Å². The zero-order valence-corrected chi connectivity index (χ0v) is 10.5. The third-order valence-electron chi connectivity index (χ3n) is 2.25. The van der Waals surface area contributed by atoms with Crippen LogP contribution in [-0.4, -0.2) is 33.8 Å². The van der Waals surface area contributed by atoms with E-state index in [0.29, 0.717) is 17.9 Å².